The van der Waals surface area contributed by atoms with E-state index in [-0.39, 0.29) is 5.97 Å². The molecule has 0 amide bonds. The van der Waals surface area contributed by atoms with Crippen LogP contribution in [0.4, 0.5) is 5.69 Å². The molecule has 5 heteroatoms. The summed E-state index contributed by atoms with van der Waals surface area (Å²) in [6.07, 6.45) is -0.144. The molecule has 1 unspecified atom stereocenters. The van der Waals surface area contributed by atoms with Crippen molar-refractivity contribution >= 4 is 11.7 Å². The molecule has 0 fully saturated rings. The summed E-state index contributed by atoms with van der Waals surface area (Å²) in [5.41, 5.74) is 6.25. The Kier molecular flexibility index (Phi) is 5.30. The Morgan fingerprint density at radius 2 is 2.11 bits per heavy atom. The van der Waals surface area contributed by atoms with Gasteiger partial charge in [-0.25, -0.2) is 4.79 Å². The summed E-state index contributed by atoms with van der Waals surface area (Å²) < 4.78 is 15.6. The van der Waals surface area contributed by atoms with Crippen LogP contribution in [-0.4, -0.2) is 25.8 Å². The lowest BCUT2D eigenvalue weighted by atomic mass is 10.2. The lowest BCUT2D eigenvalue weighted by Crippen LogP contribution is -2.29. The molecule has 0 aliphatic carbocycles. The van der Waals surface area contributed by atoms with E-state index in [0.717, 1.165) is 0 Å². The van der Waals surface area contributed by atoms with E-state index in [1.807, 2.05) is 6.92 Å². The fraction of sp³-hybridized carbons (Fsp3) is 0.462. The van der Waals surface area contributed by atoms with Gasteiger partial charge in [-0.05, 0) is 25.5 Å². The second-order valence-electron chi connectivity index (χ2n) is 3.67. The number of nitrogen functional groups attached to an aromatic ring is 1. The summed E-state index contributed by atoms with van der Waals surface area (Å²) in [6, 6.07) is 5.05. The van der Waals surface area contributed by atoms with Gasteiger partial charge in [0.05, 0.1) is 19.4 Å². The smallest absolute Gasteiger partial charge is 0.347 e. The Hall–Kier alpha value is -1.91. The Morgan fingerprint density at radius 1 is 1.39 bits per heavy atom. The van der Waals surface area contributed by atoms with Gasteiger partial charge in [0.2, 0.25) is 0 Å². The molecule has 1 aromatic carbocycles. The van der Waals surface area contributed by atoms with E-state index in [2.05, 4.69) is 0 Å². The monoisotopic (exact) mass is 253 g/mol. The van der Waals surface area contributed by atoms with E-state index in [4.69, 9.17) is 19.9 Å². The topological polar surface area (TPSA) is 70.8 Å². The van der Waals surface area contributed by atoms with Gasteiger partial charge in [-0.15, -0.1) is 0 Å². The summed E-state index contributed by atoms with van der Waals surface area (Å²) in [7, 11) is 1.55. The van der Waals surface area contributed by atoms with E-state index >= 15 is 0 Å². The zero-order valence-corrected chi connectivity index (χ0v) is 10.9. The molecule has 0 aromatic heterocycles. The molecule has 2 N–H and O–H groups in total. The highest BCUT2D eigenvalue weighted by Gasteiger charge is 2.20. The predicted molar refractivity (Wildman–Crippen MR) is 68.7 cm³/mol. The van der Waals surface area contributed by atoms with Gasteiger partial charge in [0.15, 0.2) is 6.10 Å². The van der Waals surface area contributed by atoms with Crippen LogP contribution >= 0.6 is 0 Å². The molecule has 100 valence electrons. The highest BCUT2D eigenvalue weighted by molar-refractivity contribution is 5.75. The van der Waals surface area contributed by atoms with Gasteiger partial charge >= 0.3 is 5.97 Å². The Bertz CT molecular complexity index is 406. The van der Waals surface area contributed by atoms with Gasteiger partial charge < -0.3 is 19.9 Å². The molecule has 0 aliphatic heterocycles. The minimum Gasteiger partial charge on any atom is -0.497 e. The Labute approximate surface area is 107 Å². The highest BCUT2D eigenvalue weighted by Crippen LogP contribution is 2.28. The largest absolute Gasteiger partial charge is 0.497 e. The van der Waals surface area contributed by atoms with Gasteiger partial charge in [-0.1, -0.05) is 6.92 Å². The number of carbonyl (C=O) groups excluding carboxylic acids is 1. The molecule has 0 spiro atoms. The van der Waals surface area contributed by atoms with Crippen LogP contribution < -0.4 is 15.2 Å². The fourth-order valence-electron chi connectivity index (χ4n) is 1.43. The first-order chi connectivity index (χ1) is 8.62. The first-order valence-corrected chi connectivity index (χ1v) is 5.89. The lowest BCUT2D eigenvalue weighted by molar-refractivity contribution is -0.151. The van der Waals surface area contributed by atoms with Crippen LogP contribution in [-0.2, 0) is 9.53 Å². The average molecular weight is 253 g/mol. The van der Waals surface area contributed by atoms with Crippen molar-refractivity contribution in [3.63, 3.8) is 0 Å². The maximum absolute atomic E-state index is 11.6. The van der Waals surface area contributed by atoms with Gasteiger partial charge in [0, 0.05) is 6.07 Å². The van der Waals surface area contributed by atoms with Crippen LogP contribution in [0.25, 0.3) is 0 Å². The molecule has 0 radical (unpaired) electrons. The average Bonchev–Trinajstić information content (AvgIpc) is 2.38. The second-order valence-corrected chi connectivity index (χ2v) is 3.67. The third-order valence-corrected chi connectivity index (χ3v) is 2.41. The van der Waals surface area contributed by atoms with Crippen LogP contribution in [0.2, 0.25) is 0 Å². The van der Waals surface area contributed by atoms with Crippen molar-refractivity contribution in [1.82, 2.24) is 0 Å². The van der Waals surface area contributed by atoms with Crippen molar-refractivity contribution < 1.29 is 19.0 Å². The number of nitrogens with two attached hydrogens (primary N) is 1. The molecule has 0 bridgehead atoms. The minimum atomic E-state index is -0.653. The van der Waals surface area contributed by atoms with Crippen LogP contribution in [0.15, 0.2) is 18.2 Å². The van der Waals surface area contributed by atoms with Crippen molar-refractivity contribution in [3.05, 3.63) is 18.2 Å². The van der Waals surface area contributed by atoms with E-state index in [0.29, 0.717) is 30.2 Å². The lowest BCUT2D eigenvalue weighted by Gasteiger charge is -2.17. The molecule has 0 heterocycles. The zero-order chi connectivity index (χ0) is 13.5. The third kappa shape index (κ3) is 3.55. The van der Waals surface area contributed by atoms with E-state index in [1.54, 1.807) is 32.2 Å². The first-order valence-electron chi connectivity index (χ1n) is 5.89. The molecule has 18 heavy (non-hydrogen) atoms. The van der Waals surface area contributed by atoms with Gasteiger partial charge in [-0.3, -0.25) is 0 Å². The van der Waals surface area contributed by atoms with Crippen LogP contribution in [0.3, 0.4) is 0 Å². The quantitative estimate of drug-likeness (QED) is 0.620. The minimum absolute atomic E-state index is 0.326. The van der Waals surface area contributed by atoms with Gasteiger partial charge in [-0.2, -0.15) is 0 Å². The Morgan fingerprint density at radius 3 is 2.67 bits per heavy atom. The van der Waals surface area contributed by atoms with Crippen LogP contribution in [0.5, 0.6) is 11.5 Å². The summed E-state index contributed by atoms with van der Waals surface area (Å²) in [4.78, 5) is 11.6. The van der Waals surface area contributed by atoms with Crippen LogP contribution in [0.1, 0.15) is 20.3 Å². The molecular formula is C13H19NO4. The molecule has 0 aliphatic rings. The van der Waals surface area contributed by atoms with Gasteiger partial charge in [0.25, 0.3) is 0 Å². The molecule has 1 atom stereocenters. The first kappa shape index (κ1) is 14.2. The second kappa shape index (κ2) is 6.74. The van der Waals surface area contributed by atoms with E-state index < -0.39 is 6.10 Å². The number of ether oxygens (including phenoxy) is 3. The van der Waals surface area contributed by atoms with E-state index in [1.165, 1.54) is 0 Å². The number of methoxy groups -OCH3 is 1. The summed E-state index contributed by atoms with van der Waals surface area (Å²) in [6.45, 7) is 3.93. The number of benzene rings is 1. The van der Waals surface area contributed by atoms with Gasteiger partial charge in [0.1, 0.15) is 11.5 Å². The normalized spacial score (nSPS) is 11.7. The predicted octanol–water partition coefficient (Wildman–Crippen LogP) is 2.00. The molecule has 1 aromatic rings. The number of hydrogen-bond donors (Lipinski definition) is 1. The fourth-order valence-corrected chi connectivity index (χ4v) is 1.43. The molecule has 1 rings (SSSR count). The van der Waals surface area contributed by atoms with Crippen molar-refractivity contribution in [2.45, 2.75) is 26.4 Å². The molecule has 0 saturated carbocycles. The third-order valence-electron chi connectivity index (χ3n) is 2.41. The number of esters is 1. The summed E-state index contributed by atoms with van der Waals surface area (Å²) >= 11 is 0. The number of carbonyl (C=O) groups is 1. The molecular weight excluding hydrogens is 234 g/mol. The highest BCUT2D eigenvalue weighted by atomic mass is 16.6. The Balaban J connectivity index is 2.83. The van der Waals surface area contributed by atoms with Crippen molar-refractivity contribution in [1.29, 1.82) is 0 Å². The number of anilines is 1. The summed E-state index contributed by atoms with van der Waals surface area (Å²) in [5.74, 6) is 0.661. The molecule has 5 nitrogen and oxygen atoms in total. The standard InChI is InChI=1S/C13H19NO4/c1-4-11(13(15)17-5-2)18-12-8-9(16-3)6-7-10(12)14/h6-8,11H,4-5,14H2,1-3H3. The zero-order valence-electron chi connectivity index (χ0n) is 10.9. The number of hydrogen-bond acceptors (Lipinski definition) is 5. The van der Waals surface area contributed by atoms with Crippen molar-refractivity contribution in [2.75, 3.05) is 19.5 Å². The van der Waals surface area contributed by atoms with Crippen molar-refractivity contribution in [2.24, 2.45) is 0 Å². The maximum Gasteiger partial charge on any atom is 0.347 e. The van der Waals surface area contributed by atoms with E-state index in [9.17, 15) is 4.79 Å². The number of rotatable bonds is 6. The SMILES string of the molecule is CCOC(=O)C(CC)Oc1cc(OC)ccc1N. The molecule has 0 saturated heterocycles. The van der Waals surface area contributed by atoms with Crippen LogP contribution in [0, 0.1) is 0 Å². The van der Waals surface area contributed by atoms with Crippen molar-refractivity contribution in [3.8, 4) is 11.5 Å². The maximum atomic E-state index is 11.6. The summed E-state index contributed by atoms with van der Waals surface area (Å²) in [5, 5.41) is 0.